The molecule has 2 nitrogen and oxygen atoms in total. The van der Waals surface area contributed by atoms with E-state index in [0.717, 1.165) is 22.2 Å². The van der Waals surface area contributed by atoms with Crippen molar-refractivity contribution in [1.82, 2.24) is 4.98 Å². The van der Waals surface area contributed by atoms with Gasteiger partial charge in [-0.05, 0) is 37.5 Å². The average Bonchev–Trinajstić information content (AvgIpc) is 2.89. The van der Waals surface area contributed by atoms with E-state index < -0.39 is 0 Å². The third-order valence-electron chi connectivity index (χ3n) is 3.98. The fraction of sp³-hybridized carbons (Fsp3) is 0.400. The Kier molecular flexibility index (Phi) is 3.32. The summed E-state index contributed by atoms with van der Waals surface area (Å²) >= 11 is 12.6. The van der Waals surface area contributed by atoms with Crippen LogP contribution in [-0.4, -0.2) is 4.98 Å². The predicted molar refractivity (Wildman–Crippen MR) is 82.1 cm³/mol. The zero-order valence-corrected chi connectivity index (χ0v) is 12.4. The molecule has 1 aromatic heterocycles. The minimum Gasteiger partial charge on any atom is -0.398 e. The SMILES string of the molecule is Cc1cc(Cl)c2nc(C3CCCC3)cc(N)c2c1Cl. The van der Waals surface area contributed by atoms with Crippen molar-refractivity contribution in [3.63, 3.8) is 0 Å². The predicted octanol–water partition coefficient (Wildman–Crippen LogP) is 5.09. The Morgan fingerprint density at radius 3 is 2.58 bits per heavy atom. The maximum Gasteiger partial charge on any atom is 0.0927 e. The molecule has 1 aromatic carbocycles. The van der Waals surface area contributed by atoms with Gasteiger partial charge in [-0.3, -0.25) is 4.98 Å². The van der Waals surface area contributed by atoms with Gasteiger partial charge in [0.15, 0.2) is 0 Å². The molecule has 3 rings (SSSR count). The fourth-order valence-electron chi connectivity index (χ4n) is 2.94. The number of nitrogens with two attached hydrogens (primary N) is 1. The number of pyridine rings is 1. The van der Waals surface area contributed by atoms with Crippen molar-refractivity contribution in [1.29, 1.82) is 0 Å². The van der Waals surface area contributed by atoms with Crippen molar-refractivity contribution in [3.8, 4) is 0 Å². The lowest BCUT2D eigenvalue weighted by molar-refractivity contribution is 0.701. The van der Waals surface area contributed by atoms with Crippen LogP contribution in [0.1, 0.15) is 42.9 Å². The average molecular weight is 295 g/mol. The highest BCUT2D eigenvalue weighted by Gasteiger charge is 2.21. The molecule has 2 N–H and O–H groups in total. The highest BCUT2D eigenvalue weighted by Crippen LogP contribution is 2.39. The lowest BCUT2D eigenvalue weighted by atomic mass is 10.0. The van der Waals surface area contributed by atoms with E-state index in [1.807, 2.05) is 19.1 Å². The van der Waals surface area contributed by atoms with Gasteiger partial charge in [0.25, 0.3) is 0 Å². The molecule has 0 bridgehead atoms. The van der Waals surface area contributed by atoms with Gasteiger partial charge in [0, 0.05) is 22.7 Å². The first-order chi connectivity index (χ1) is 9.08. The highest BCUT2D eigenvalue weighted by atomic mass is 35.5. The number of halogens is 2. The van der Waals surface area contributed by atoms with Gasteiger partial charge in [-0.15, -0.1) is 0 Å². The molecule has 0 aliphatic heterocycles. The molecule has 1 aliphatic rings. The summed E-state index contributed by atoms with van der Waals surface area (Å²) in [5.74, 6) is 0.517. The van der Waals surface area contributed by atoms with E-state index in [-0.39, 0.29) is 0 Å². The molecule has 4 heteroatoms. The molecular formula is C15H16Cl2N2. The van der Waals surface area contributed by atoms with Crippen molar-refractivity contribution in [2.75, 3.05) is 5.73 Å². The molecule has 2 aromatic rings. The molecule has 100 valence electrons. The summed E-state index contributed by atoms with van der Waals surface area (Å²) < 4.78 is 0. The summed E-state index contributed by atoms with van der Waals surface area (Å²) in [5, 5.41) is 2.07. The van der Waals surface area contributed by atoms with E-state index in [0.29, 0.717) is 21.7 Å². The van der Waals surface area contributed by atoms with Crippen LogP contribution in [0, 0.1) is 6.92 Å². The maximum absolute atomic E-state index is 6.34. The van der Waals surface area contributed by atoms with Gasteiger partial charge in [0.2, 0.25) is 0 Å². The highest BCUT2D eigenvalue weighted by molar-refractivity contribution is 6.41. The van der Waals surface area contributed by atoms with Crippen LogP contribution >= 0.6 is 23.2 Å². The lowest BCUT2D eigenvalue weighted by Crippen LogP contribution is -2.01. The van der Waals surface area contributed by atoms with E-state index in [1.54, 1.807) is 0 Å². The number of rotatable bonds is 1. The topological polar surface area (TPSA) is 38.9 Å². The van der Waals surface area contributed by atoms with E-state index in [1.165, 1.54) is 25.7 Å². The molecule has 1 fully saturated rings. The van der Waals surface area contributed by atoms with Crippen molar-refractivity contribution in [2.45, 2.75) is 38.5 Å². The van der Waals surface area contributed by atoms with Crippen molar-refractivity contribution in [2.24, 2.45) is 0 Å². The zero-order valence-electron chi connectivity index (χ0n) is 10.8. The smallest absolute Gasteiger partial charge is 0.0927 e. The molecule has 1 saturated carbocycles. The normalized spacial score (nSPS) is 16.4. The van der Waals surface area contributed by atoms with Gasteiger partial charge in [0.1, 0.15) is 0 Å². The maximum atomic E-state index is 6.34. The van der Waals surface area contributed by atoms with Crippen LogP contribution in [-0.2, 0) is 0 Å². The molecule has 19 heavy (non-hydrogen) atoms. The summed E-state index contributed by atoms with van der Waals surface area (Å²) in [5.41, 5.74) is 9.59. The number of hydrogen-bond acceptors (Lipinski definition) is 2. The second-order valence-electron chi connectivity index (χ2n) is 5.33. The van der Waals surface area contributed by atoms with E-state index in [9.17, 15) is 0 Å². The number of aromatic nitrogens is 1. The molecule has 0 saturated heterocycles. The molecule has 0 unspecified atom stereocenters. The Bertz CT molecular complexity index is 646. The van der Waals surface area contributed by atoms with Crippen molar-refractivity contribution >= 4 is 39.8 Å². The van der Waals surface area contributed by atoms with Gasteiger partial charge in [0.05, 0.1) is 15.6 Å². The Balaban J connectivity index is 2.25. The van der Waals surface area contributed by atoms with Crippen LogP contribution in [0.3, 0.4) is 0 Å². The fourth-order valence-corrected chi connectivity index (χ4v) is 3.49. The van der Waals surface area contributed by atoms with Crippen LogP contribution in [0.2, 0.25) is 10.0 Å². The summed E-state index contributed by atoms with van der Waals surface area (Å²) in [7, 11) is 0. The lowest BCUT2D eigenvalue weighted by Gasteiger charge is -2.14. The molecule has 1 aliphatic carbocycles. The number of aryl methyl sites for hydroxylation is 1. The van der Waals surface area contributed by atoms with Gasteiger partial charge in [-0.2, -0.15) is 0 Å². The summed E-state index contributed by atoms with van der Waals surface area (Å²) in [4.78, 5) is 4.72. The number of nitrogens with zero attached hydrogens (tertiary/aromatic N) is 1. The third kappa shape index (κ3) is 2.17. The molecular weight excluding hydrogens is 279 g/mol. The number of hydrogen-bond donors (Lipinski definition) is 1. The van der Waals surface area contributed by atoms with Gasteiger partial charge < -0.3 is 5.73 Å². The van der Waals surface area contributed by atoms with E-state index in [2.05, 4.69) is 0 Å². The Morgan fingerprint density at radius 1 is 1.21 bits per heavy atom. The van der Waals surface area contributed by atoms with Gasteiger partial charge >= 0.3 is 0 Å². The molecule has 1 heterocycles. The summed E-state index contributed by atoms with van der Waals surface area (Å²) in [6.45, 7) is 1.93. The summed E-state index contributed by atoms with van der Waals surface area (Å²) in [6, 6.07) is 3.83. The first-order valence-corrected chi connectivity index (χ1v) is 7.38. The largest absolute Gasteiger partial charge is 0.398 e. The first-order valence-electron chi connectivity index (χ1n) is 6.62. The van der Waals surface area contributed by atoms with Crippen LogP contribution in [0.15, 0.2) is 12.1 Å². The first kappa shape index (κ1) is 13.0. The van der Waals surface area contributed by atoms with Crippen LogP contribution < -0.4 is 5.73 Å². The standard InChI is InChI=1S/C15H16Cl2N2/c1-8-6-10(16)15-13(14(8)17)11(18)7-12(19-15)9-4-2-3-5-9/h6-7,9H,2-5H2,1H3,(H2,18,19). The molecule has 0 spiro atoms. The van der Waals surface area contributed by atoms with Crippen LogP contribution in [0.5, 0.6) is 0 Å². The minimum absolute atomic E-state index is 0.517. The number of fused-ring (bicyclic) bond motifs is 1. The van der Waals surface area contributed by atoms with Crippen LogP contribution in [0.25, 0.3) is 10.9 Å². The molecule has 0 atom stereocenters. The Morgan fingerprint density at radius 2 is 1.89 bits per heavy atom. The van der Waals surface area contributed by atoms with E-state index in [4.69, 9.17) is 33.9 Å². The minimum atomic E-state index is 0.517. The second-order valence-corrected chi connectivity index (χ2v) is 6.12. The summed E-state index contributed by atoms with van der Waals surface area (Å²) in [6.07, 6.45) is 4.92. The Labute approximate surface area is 122 Å². The molecule has 0 amide bonds. The zero-order chi connectivity index (χ0) is 13.6. The van der Waals surface area contributed by atoms with Gasteiger partial charge in [-0.1, -0.05) is 36.0 Å². The van der Waals surface area contributed by atoms with Crippen molar-refractivity contribution in [3.05, 3.63) is 33.4 Å². The van der Waals surface area contributed by atoms with E-state index >= 15 is 0 Å². The Hall–Kier alpha value is -0.990. The van der Waals surface area contributed by atoms with Crippen molar-refractivity contribution < 1.29 is 0 Å². The quantitative estimate of drug-likeness (QED) is 0.795. The second kappa shape index (κ2) is 4.84. The third-order valence-corrected chi connectivity index (χ3v) is 4.75. The van der Waals surface area contributed by atoms with Gasteiger partial charge in [-0.25, -0.2) is 0 Å². The number of anilines is 1. The van der Waals surface area contributed by atoms with Crippen LogP contribution in [0.4, 0.5) is 5.69 Å². The number of nitrogen functional groups attached to an aromatic ring is 1. The monoisotopic (exact) mass is 294 g/mol. The molecule has 0 radical (unpaired) electrons. The number of benzene rings is 1.